The van der Waals surface area contributed by atoms with Crippen LogP contribution in [-0.4, -0.2) is 60.3 Å². The highest BCUT2D eigenvalue weighted by atomic mass is 79.9. The van der Waals surface area contributed by atoms with Gasteiger partial charge in [0.2, 0.25) is 0 Å². The summed E-state index contributed by atoms with van der Waals surface area (Å²) in [5.41, 5.74) is 1.36. The molecule has 1 saturated heterocycles. The van der Waals surface area contributed by atoms with Crippen LogP contribution in [0, 0.1) is 11.8 Å². The monoisotopic (exact) mass is 484 g/mol. The lowest BCUT2D eigenvalue weighted by Gasteiger charge is -2.37. The molecule has 3 rings (SSSR count). The van der Waals surface area contributed by atoms with Gasteiger partial charge in [-0.2, -0.15) is 0 Å². The molecule has 0 bridgehead atoms. The predicted octanol–water partition coefficient (Wildman–Crippen LogP) is 5.62. The van der Waals surface area contributed by atoms with Crippen molar-refractivity contribution in [1.29, 1.82) is 0 Å². The van der Waals surface area contributed by atoms with Gasteiger partial charge in [0.25, 0.3) is 0 Å². The minimum Gasteiger partial charge on any atom is -0.395 e. The molecular weight excluding hydrogens is 448 g/mol. The number of hydrogen-bond acceptors (Lipinski definition) is 3. The number of halogens is 2. The van der Waals surface area contributed by atoms with Crippen molar-refractivity contribution in [3.05, 3.63) is 33.3 Å². The van der Waals surface area contributed by atoms with E-state index >= 15 is 0 Å². The molecule has 5 heteroatoms. The molecule has 0 unspecified atom stereocenters. The molecule has 1 aliphatic heterocycles. The van der Waals surface area contributed by atoms with E-state index in [9.17, 15) is 5.11 Å². The van der Waals surface area contributed by atoms with Gasteiger partial charge in [-0.3, -0.25) is 4.90 Å². The predicted molar refractivity (Wildman–Crippen MR) is 127 cm³/mol. The third kappa shape index (κ3) is 7.21. The first-order valence-corrected chi connectivity index (χ1v) is 12.8. The van der Waals surface area contributed by atoms with Crippen LogP contribution in [0.1, 0.15) is 57.4 Å². The first-order valence-electron chi connectivity index (χ1n) is 11.6. The Kier molecular flexibility index (Phi) is 9.77. The summed E-state index contributed by atoms with van der Waals surface area (Å²) < 4.78 is 1.19. The van der Waals surface area contributed by atoms with Gasteiger partial charge < -0.3 is 10.0 Å². The van der Waals surface area contributed by atoms with Gasteiger partial charge in [-0.25, -0.2) is 0 Å². The van der Waals surface area contributed by atoms with Gasteiger partial charge in [-0.05, 0) is 113 Å². The largest absolute Gasteiger partial charge is 0.395 e. The summed E-state index contributed by atoms with van der Waals surface area (Å²) in [7, 11) is 0. The number of aliphatic hydroxyl groups excluding tert-OH is 1. The van der Waals surface area contributed by atoms with Gasteiger partial charge in [0.1, 0.15) is 0 Å². The Morgan fingerprint density at radius 3 is 2.48 bits per heavy atom. The second kappa shape index (κ2) is 12.0. The molecule has 2 fully saturated rings. The molecule has 0 amide bonds. The highest BCUT2D eigenvalue weighted by Crippen LogP contribution is 2.31. The minimum absolute atomic E-state index is 0.290. The van der Waals surface area contributed by atoms with Crippen molar-refractivity contribution in [2.45, 2.75) is 64.3 Å². The standard InChI is InChI=1S/C24H38BrClN2O/c1-2-28(15-16-29)23-6-3-19(4-7-23)9-12-27-13-10-20(11-14-27)17-21-18-22(26)5-8-24(21)25/h5,8,18-20,23,29H,2-4,6-7,9-17H2,1H3. The molecule has 0 spiro atoms. The molecule has 1 saturated carbocycles. The summed E-state index contributed by atoms with van der Waals surface area (Å²) in [6.07, 6.45) is 10.5. The number of nitrogens with zero attached hydrogens (tertiary/aromatic N) is 2. The average molecular weight is 486 g/mol. The zero-order valence-corrected chi connectivity index (χ0v) is 20.3. The highest BCUT2D eigenvalue weighted by molar-refractivity contribution is 9.10. The fourth-order valence-electron chi connectivity index (χ4n) is 5.32. The van der Waals surface area contributed by atoms with Gasteiger partial charge in [-0.1, -0.05) is 34.5 Å². The highest BCUT2D eigenvalue weighted by Gasteiger charge is 2.26. The van der Waals surface area contributed by atoms with Gasteiger partial charge in [0.15, 0.2) is 0 Å². The topological polar surface area (TPSA) is 26.7 Å². The maximum atomic E-state index is 9.25. The molecule has 0 aromatic heterocycles. The van der Waals surface area contributed by atoms with E-state index in [2.05, 4.69) is 44.8 Å². The number of likely N-dealkylation sites (tertiary alicyclic amines) is 1. The Hall–Kier alpha value is -0.130. The summed E-state index contributed by atoms with van der Waals surface area (Å²) in [5.74, 6) is 1.68. The van der Waals surface area contributed by atoms with Crippen LogP contribution in [0.3, 0.4) is 0 Å². The molecule has 1 heterocycles. The van der Waals surface area contributed by atoms with Crippen molar-refractivity contribution < 1.29 is 5.11 Å². The second-order valence-electron chi connectivity index (χ2n) is 9.04. The van der Waals surface area contributed by atoms with E-state index in [1.54, 1.807) is 0 Å². The molecule has 3 nitrogen and oxygen atoms in total. The van der Waals surface area contributed by atoms with Crippen molar-refractivity contribution in [2.75, 3.05) is 39.3 Å². The molecular formula is C24H38BrClN2O. The van der Waals surface area contributed by atoms with E-state index in [1.807, 2.05) is 6.07 Å². The van der Waals surface area contributed by atoms with Gasteiger partial charge in [0.05, 0.1) is 6.61 Å². The van der Waals surface area contributed by atoms with Crippen molar-refractivity contribution in [3.63, 3.8) is 0 Å². The fourth-order valence-corrected chi connectivity index (χ4v) is 5.92. The van der Waals surface area contributed by atoms with E-state index in [0.29, 0.717) is 6.04 Å². The number of likely N-dealkylation sites (N-methyl/N-ethyl adjacent to an activating group) is 1. The molecule has 2 aliphatic rings. The second-order valence-corrected chi connectivity index (χ2v) is 10.3. The number of rotatable bonds is 9. The zero-order valence-electron chi connectivity index (χ0n) is 18.0. The number of piperidine rings is 1. The van der Waals surface area contributed by atoms with Crippen LogP contribution >= 0.6 is 27.5 Å². The molecule has 1 aliphatic carbocycles. The Balaban J connectivity index is 1.34. The first-order chi connectivity index (χ1) is 14.1. The number of aliphatic hydroxyl groups is 1. The van der Waals surface area contributed by atoms with E-state index < -0.39 is 0 Å². The van der Waals surface area contributed by atoms with Gasteiger partial charge in [-0.15, -0.1) is 0 Å². The number of hydrogen-bond donors (Lipinski definition) is 1. The Morgan fingerprint density at radius 2 is 1.83 bits per heavy atom. The summed E-state index contributed by atoms with van der Waals surface area (Å²) in [6, 6.07) is 6.85. The van der Waals surface area contributed by atoms with E-state index in [-0.39, 0.29) is 6.61 Å². The molecule has 0 radical (unpaired) electrons. The first kappa shape index (κ1) is 23.5. The van der Waals surface area contributed by atoms with Gasteiger partial charge in [0, 0.05) is 22.1 Å². The summed E-state index contributed by atoms with van der Waals surface area (Å²) in [4.78, 5) is 5.17. The Bertz CT molecular complexity index is 613. The third-order valence-electron chi connectivity index (χ3n) is 7.20. The fraction of sp³-hybridized carbons (Fsp3) is 0.750. The molecule has 1 aromatic carbocycles. The third-order valence-corrected chi connectivity index (χ3v) is 8.21. The Morgan fingerprint density at radius 1 is 1.10 bits per heavy atom. The maximum absolute atomic E-state index is 9.25. The van der Waals surface area contributed by atoms with Crippen LogP contribution in [0.2, 0.25) is 5.02 Å². The van der Waals surface area contributed by atoms with Crippen LogP contribution < -0.4 is 0 Å². The minimum atomic E-state index is 0.290. The molecule has 1 aromatic rings. The quantitative estimate of drug-likeness (QED) is 0.492. The van der Waals surface area contributed by atoms with Gasteiger partial charge >= 0.3 is 0 Å². The van der Waals surface area contributed by atoms with Crippen LogP contribution in [0.5, 0.6) is 0 Å². The SMILES string of the molecule is CCN(CCO)C1CCC(CCN2CCC(Cc3cc(Cl)ccc3Br)CC2)CC1. The van der Waals surface area contributed by atoms with E-state index in [0.717, 1.165) is 36.4 Å². The van der Waals surface area contributed by atoms with Crippen LogP contribution in [-0.2, 0) is 6.42 Å². The van der Waals surface area contributed by atoms with E-state index in [4.69, 9.17) is 11.6 Å². The molecule has 164 valence electrons. The smallest absolute Gasteiger partial charge is 0.0558 e. The number of benzene rings is 1. The molecule has 1 N–H and O–H groups in total. The van der Waals surface area contributed by atoms with Crippen LogP contribution in [0.15, 0.2) is 22.7 Å². The normalized spacial score (nSPS) is 24.3. The molecule has 29 heavy (non-hydrogen) atoms. The van der Waals surface area contributed by atoms with Crippen molar-refractivity contribution >= 4 is 27.5 Å². The average Bonchev–Trinajstić information content (AvgIpc) is 2.74. The van der Waals surface area contributed by atoms with Crippen LogP contribution in [0.25, 0.3) is 0 Å². The van der Waals surface area contributed by atoms with Crippen LogP contribution in [0.4, 0.5) is 0 Å². The van der Waals surface area contributed by atoms with Crippen molar-refractivity contribution in [2.24, 2.45) is 11.8 Å². The zero-order chi connectivity index (χ0) is 20.6. The van der Waals surface area contributed by atoms with Crippen molar-refractivity contribution in [3.8, 4) is 0 Å². The summed E-state index contributed by atoms with van der Waals surface area (Å²) in [5, 5.41) is 10.1. The lowest BCUT2D eigenvalue weighted by Crippen LogP contribution is -2.40. The lowest BCUT2D eigenvalue weighted by molar-refractivity contribution is 0.108. The molecule has 0 atom stereocenters. The summed E-state index contributed by atoms with van der Waals surface area (Å²) in [6.45, 7) is 8.19. The summed E-state index contributed by atoms with van der Waals surface area (Å²) >= 11 is 9.86. The Labute approximate surface area is 190 Å². The lowest BCUT2D eigenvalue weighted by atomic mass is 9.83. The maximum Gasteiger partial charge on any atom is 0.0558 e. The van der Waals surface area contributed by atoms with Crippen molar-refractivity contribution in [1.82, 2.24) is 9.80 Å². The van der Waals surface area contributed by atoms with E-state index in [1.165, 1.54) is 74.6 Å².